The molecule has 1 heterocycles. The Kier molecular flexibility index (Phi) is 6.75. The summed E-state index contributed by atoms with van der Waals surface area (Å²) >= 11 is 0. The van der Waals surface area contributed by atoms with Gasteiger partial charge in [-0.3, -0.25) is 9.69 Å². The van der Waals surface area contributed by atoms with Crippen LogP contribution in [0.25, 0.3) is 0 Å². The molecule has 2 aromatic rings. The highest BCUT2D eigenvalue weighted by Crippen LogP contribution is 2.37. The summed E-state index contributed by atoms with van der Waals surface area (Å²) in [7, 11) is 5.07. The minimum atomic E-state index is -0.247. The fourth-order valence-corrected chi connectivity index (χ4v) is 3.96. The van der Waals surface area contributed by atoms with Crippen LogP contribution in [0.5, 0.6) is 11.5 Å². The highest BCUT2D eigenvalue weighted by molar-refractivity contribution is 5.79. The van der Waals surface area contributed by atoms with E-state index in [0.717, 1.165) is 24.9 Å². The Hall–Kier alpha value is -2.60. The fourth-order valence-electron chi connectivity index (χ4n) is 3.96. The second kappa shape index (κ2) is 9.27. The number of rotatable bonds is 7. The Bertz CT molecular complexity index is 858. The number of hydrogen-bond acceptors (Lipinski definition) is 4. The van der Waals surface area contributed by atoms with Crippen LogP contribution in [-0.2, 0) is 4.79 Å². The van der Waals surface area contributed by atoms with Gasteiger partial charge in [0.15, 0.2) is 11.5 Å². The Labute approximate surface area is 172 Å². The van der Waals surface area contributed by atoms with Crippen molar-refractivity contribution in [2.45, 2.75) is 31.8 Å². The predicted molar refractivity (Wildman–Crippen MR) is 111 cm³/mol. The Morgan fingerprint density at radius 2 is 1.93 bits per heavy atom. The number of likely N-dealkylation sites (N-methyl/N-ethyl adjacent to an activating group) is 1. The quantitative estimate of drug-likeness (QED) is 0.699. The lowest BCUT2D eigenvalue weighted by Gasteiger charge is -2.30. The molecule has 2 aromatic carbocycles. The summed E-state index contributed by atoms with van der Waals surface area (Å²) in [4.78, 5) is 16.9. The van der Waals surface area contributed by atoms with E-state index in [1.165, 1.54) is 6.07 Å². The minimum Gasteiger partial charge on any atom is -0.493 e. The summed E-state index contributed by atoms with van der Waals surface area (Å²) in [5.74, 6) is 1.14. The minimum absolute atomic E-state index is 0.0134. The van der Waals surface area contributed by atoms with Gasteiger partial charge in [-0.2, -0.15) is 0 Å². The number of nitrogens with zero attached hydrogens (tertiary/aromatic N) is 2. The first-order valence-electron chi connectivity index (χ1n) is 9.92. The largest absolute Gasteiger partial charge is 0.493 e. The Morgan fingerprint density at radius 3 is 2.62 bits per heavy atom. The highest BCUT2D eigenvalue weighted by atomic mass is 19.1. The SMILES string of the molecule is COc1ccc(C2CCCN2C(=O)CN(C)C(C)c2ccccc2F)cc1OC. The first kappa shape index (κ1) is 21.1. The molecular weight excluding hydrogens is 371 g/mol. The summed E-state index contributed by atoms with van der Waals surface area (Å²) in [5.41, 5.74) is 1.64. The van der Waals surface area contributed by atoms with Crippen molar-refractivity contribution in [2.75, 3.05) is 34.4 Å². The average molecular weight is 400 g/mol. The summed E-state index contributed by atoms with van der Waals surface area (Å²) < 4.78 is 24.8. The van der Waals surface area contributed by atoms with E-state index in [1.807, 2.05) is 48.0 Å². The van der Waals surface area contributed by atoms with Crippen LogP contribution in [0.3, 0.4) is 0 Å². The molecule has 1 aliphatic heterocycles. The summed E-state index contributed by atoms with van der Waals surface area (Å²) in [6.45, 7) is 2.88. The van der Waals surface area contributed by atoms with Crippen molar-refractivity contribution in [2.24, 2.45) is 0 Å². The van der Waals surface area contributed by atoms with Crippen LogP contribution in [-0.4, -0.2) is 50.1 Å². The molecule has 156 valence electrons. The standard InChI is InChI=1S/C23H29FN2O3/c1-16(18-8-5-6-9-19(18)24)25(2)15-23(27)26-13-7-10-20(26)17-11-12-21(28-3)22(14-17)29-4/h5-6,8-9,11-12,14,16,20H,7,10,13,15H2,1-4H3. The molecule has 2 unspecified atom stereocenters. The fraction of sp³-hybridized carbons (Fsp3) is 0.435. The number of benzene rings is 2. The molecule has 1 fully saturated rings. The van der Waals surface area contributed by atoms with Gasteiger partial charge in [0.25, 0.3) is 0 Å². The number of carbonyl (C=O) groups is 1. The van der Waals surface area contributed by atoms with Gasteiger partial charge in [-0.15, -0.1) is 0 Å². The van der Waals surface area contributed by atoms with Crippen molar-refractivity contribution in [3.05, 3.63) is 59.4 Å². The van der Waals surface area contributed by atoms with Gasteiger partial charge in [-0.25, -0.2) is 4.39 Å². The van der Waals surface area contributed by atoms with Crippen molar-refractivity contribution in [1.82, 2.24) is 9.80 Å². The van der Waals surface area contributed by atoms with Crippen LogP contribution in [0.1, 0.15) is 43.0 Å². The maximum Gasteiger partial charge on any atom is 0.237 e. The lowest BCUT2D eigenvalue weighted by Crippen LogP contribution is -2.39. The maximum absolute atomic E-state index is 14.1. The van der Waals surface area contributed by atoms with Gasteiger partial charge >= 0.3 is 0 Å². The second-order valence-electron chi connectivity index (χ2n) is 7.47. The molecule has 2 atom stereocenters. The van der Waals surface area contributed by atoms with Gasteiger partial charge in [-0.1, -0.05) is 24.3 Å². The van der Waals surface area contributed by atoms with Crippen LogP contribution in [0.2, 0.25) is 0 Å². The molecule has 3 rings (SSSR count). The molecule has 6 heteroatoms. The van der Waals surface area contributed by atoms with Crippen LogP contribution in [0, 0.1) is 5.82 Å². The van der Waals surface area contributed by atoms with Crippen LogP contribution in [0.4, 0.5) is 4.39 Å². The van der Waals surface area contributed by atoms with E-state index in [-0.39, 0.29) is 30.4 Å². The number of amides is 1. The molecular formula is C23H29FN2O3. The molecule has 0 radical (unpaired) electrons. The van der Waals surface area contributed by atoms with Crippen molar-refractivity contribution in [1.29, 1.82) is 0 Å². The first-order valence-corrected chi connectivity index (χ1v) is 9.92. The molecule has 0 N–H and O–H groups in total. The van der Waals surface area contributed by atoms with Gasteiger partial charge in [0, 0.05) is 18.2 Å². The maximum atomic E-state index is 14.1. The third-order valence-corrected chi connectivity index (χ3v) is 5.77. The summed E-state index contributed by atoms with van der Waals surface area (Å²) in [5, 5.41) is 0. The molecule has 0 saturated carbocycles. The van der Waals surface area contributed by atoms with E-state index < -0.39 is 0 Å². The molecule has 0 aliphatic carbocycles. The van der Waals surface area contributed by atoms with Gasteiger partial charge in [-0.05, 0) is 50.6 Å². The Morgan fingerprint density at radius 1 is 1.21 bits per heavy atom. The highest BCUT2D eigenvalue weighted by Gasteiger charge is 2.31. The van der Waals surface area contributed by atoms with E-state index in [2.05, 4.69) is 0 Å². The van der Waals surface area contributed by atoms with Crippen molar-refractivity contribution < 1.29 is 18.7 Å². The van der Waals surface area contributed by atoms with Crippen molar-refractivity contribution >= 4 is 5.91 Å². The summed E-state index contributed by atoms with van der Waals surface area (Å²) in [6.07, 6.45) is 1.87. The van der Waals surface area contributed by atoms with Gasteiger partial charge in [0.1, 0.15) is 5.82 Å². The molecule has 1 aliphatic rings. The van der Waals surface area contributed by atoms with Crippen LogP contribution >= 0.6 is 0 Å². The zero-order valence-corrected chi connectivity index (χ0v) is 17.5. The predicted octanol–water partition coefficient (Wildman–Crippen LogP) is 4.20. The van der Waals surface area contributed by atoms with E-state index in [0.29, 0.717) is 17.1 Å². The molecule has 29 heavy (non-hydrogen) atoms. The number of halogens is 1. The average Bonchev–Trinajstić information content (AvgIpc) is 3.23. The molecule has 5 nitrogen and oxygen atoms in total. The second-order valence-corrected chi connectivity index (χ2v) is 7.47. The molecule has 0 bridgehead atoms. The molecule has 0 spiro atoms. The number of hydrogen-bond donors (Lipinski definition) is 0. The van der Waals surface area contributed by atoms with Crippen LogP contribution in [0.15, 0.2) is 42.5 Å². The van der Waals surface area contributed by atoms with E-state index in [1.54, 1.807) is 26.4 Å². The first-order chi connectivity index (χ1) is 14.0. The van der Waals surface area contributed by atoms with Crippen molar-refractivity contribution in [3.8, 4) is 11.5 Å². The monoisotopic (exact) mass is 400 g/mol. The van der Waals surface area contributed by atoms with Gasteiger partial charge in [0.05, 0.1) is 26.8 Å². The third-order valence-electron chi connectivity index (χ3n) is 5.77. The van der Waals surface area contributed by atoms with E-state index in [4.69, 9.17) is 9.47 Å². The molecule has 1 saturated heterocycles. The molecule has 0 aromatic heterocycles. The zero-order valence-electron chi connectivity index (χ0n) is 17.5. The number of carbonyl (C=O) groups excluding carboxylic acids is 1. The van der Waals surface area contributed by atoms with Crippen molar-refractivity contribution in [3.63, 3.8) is 0 Å². The summed E-state index contributed by atoms with van der Waals surface area (Å²) in [6, 6.07) is 12.3. The smallest absolute Gasteiger partial charge is 0.237 e. The normalized spacial score (nSPS) is 17.4. The topological polar surface area (TPSA) is 42.0 Å². The third kappa shape index (κ3) is 4.53. The molecule has 1 amide bonds. The Balaban J connectivity index is 1.72. The van der Waals surface area contributed by atoms with Crippen LogP contribution < -0.4 is 9.47 Å². The lowest BCUT2D eigenvalue weighted by molar-refractivity contribution is -0.133. The zero-order chi connectivity index (χ0) is 21.0. The van der Waals surface area contributed by atoms with E-state index in [9.17, 15) is 9.18 Å². The van der Waals surface area contributed by atoms with E-state index >= 15 is 0 Å². The number of ether oxygens (including phenoxy) is 2. The van der Waals surface area contributed by atoms with Gasteiger partial charge < -0.3 is 14.4 Å². The van der Waals surface area contributed by atoms with Gasteiger partial charge in [0.2, 0.25) is 5.91 Å². The number of likely N-dealkylation sites (tertiary alicyclic amines) is 1. The number of methoxy groups -OCH3 is 2. The lowest BCUT2D eigenvalue weighted by atomic mass is 10.0.